The average Bonchev–Trinajstić information content (AvgIpc) is 3.30. The third-order valence-electron chi connectivity index (χ3n) is 4.25. The highest BCUT2D eigenvalue weighted by Crippen LogP contribution is 2.29. The molecule has 126 valence electrons. The maximum Gasteiger partial charge on any atom is 0.264 e. The van der Waals surface area contributed by atoms with Crippen molar-refractivity contribution in [3.8, 4) is 17.1 Å². The zero-order chi connectivity index (χ0) is 17.2. The number of amides is 1. The number of hydrogen-bond donors (Lipinski definition) is 1. The molecule has 1 aromatic heterocycles. The summed E-state index contributed by atoms with van der Waals surface area (Å²) in [7, 11) is 1.79. The number of hydrogen-bond acceptors (Lipinski definition) is 5. The highest BCUT2D eigenvalue weighted by molar-refractivity contribution is 5.82. The zero-order valence-corrected chi connectivity index (χ0v) is 13.7. The number of nitrogens with zero attached hydrogens (tertiary/aromatic N) is 4. The van der Waals surface area contributed by atoms with Gasteiger partial charge in [0.15, 0.2) is 6.10 Å². The largest absolute Gasteiger partial charge is 0.480 e. The van der Waals surface area contributed by atoms with E-state index in [0.717, 1.165) is 22.4 Å². The average molecular weight is 335 g/mol. The van der Waals surface area contributed by atoms with Gasteiger partial charge >= 0.3 is 0 Å². The molecule has 0 saturated carbocycles. The lowest BCUT2D eigenvalue weighted by atomic mass is 10.1. The third kappa shape index (κ3) is 3.08. The Kier molecular flexibility index (Phi) is 3.89. The number of nitrogens with one attached hydrogen (secondary N) is 1. The number of carbonyl (C=O) groups excluding carboxylic acids is 1. The van der Waals surface area contributed by atoms with E-state index in [0.29, 0.717) is 18.8 Å². The second-order valence-corrected chi connectivity index (χ2v) is 6.05. The highest BCUT2D eigenvalue weighted by atomic mass is 16.5. The topological polar surface area (TPSA) is 84.0 Å². The lowest BCUT2D eigenvalue weighted by Gasteiger charge is -2.21. The summed E-state index contributed by atoms with van der Waals surface area (Å²) in [5.41, 5.74) is 2.93. The minimum Gasteiger partial charge on any atom is -0.480 e. The van der Waals surface area contributed by atoms with Crippen molar-refractivity contribution < 1.29 is 9.53 Å². The SMILES string of the molecule is CN(Cc1cccc(-c2nn[nH]n2)c1)C(=O)C1Cc2ccccc2O1. The fraction of sp³-hybridized carbons (Fsp3) is 0.222. The fourth-order valence-corrected chi connectivity index (χ4v) is 3.01. The van der Waals surface area contributed by atoms with Crippen LogP contribution in [0.4, 0.5) is 0 Å². The number of benzene rings is 2. The van der Waals surface area contributed by atoms with Crippen LogP contribution in [-0.4, -0.2) is 44.6 Å². The molecule has 0 radical (unpaired) electrons. The molecule has 1 aliphatic heterocycles. The summed E-state index contributed by atoms with van der Waals surface area (Å²) in [6.07, 6.45) is 0.158. The number of rotatable bonds is 4. The first kappa shape index (κ1) is 15.3. The number of tetrazole rings is 1. The molecular weight excluding hydrogens is 318 g/mol. The van der Waals surface area contributed by atoms with Gasteiger partial charge in [0, 0.05) is 25.6 Å². The van der Waals surface area contributed by atoms with Crippen LogP contribution in [0.1, 0.15) is 11.1 Å². The summed E-state index contributed by atoms with van der Waals surface area (Å²) in [5, 5.41) is 14.0. The normalized spacial score (nSPS) is 15.5. The molecule has 1 atom stereocenters. The molecule has 2 heterocycles. The Hall–Kier alpha value is -3.22. The maximum absolute atomic E-state index is 12.7. The van der Waals surface area contributed by atoms with E-state index in [1.165, 1.54) is 0 Å². The van der Waals surface area contributed by atoms with Gasteiger partial charge < -0.3 is 9.64 Å². The minimum absolute atomic E-state index is 0.0267. The number of aromatic amines is 1. The molecule has 1 N–H and O–H groups in total. The monoisotopic (exact) mass is 335 g/mol. The van der Waals surface area contributed by atoms with Gasteiger partial charge in [0.2, 0.25) is 5.82 Å². The third-order valence-corrected chi connectivity index (χ3v) is 4.25. The summed E-state index contributed by atoms with van der Waals surface area (Å²) in [4.78, 5) is 14.4. The van der Waals surface area contributed by atoms with Gasteiger partial charge in [-0.2, -0.15) is 5.21 Å². The summed E-state index contributed by atoms with van der Waals surface area (Å²) >= 11 is 0. The van der Waals surface area contributed by atoms with E-state index >= 15 is 0 Å². The summed E-state index contributed by atoms with van der Waals surface area (Å²) in [6, 6.07) is 15.5. The number of H-pyrrole nitrogens is 1. The first-order valence-corrected chi connectivity index (χ1v) is 8.03. The molecule has 1 aliphatic rings. The molecular formula is C18H17N5O2. The van der Waals surface area contributed by atoms with E-state index < -0.39 is 6.10 Å². The van der Waals surface area contributed by atoms with E-state index in [-0.39, 0.29) is 5.91 Å². The molecule has 7 nitrogen and oxygen atoms in total. The molecule has 0 spiro atoms. The summed E-state index contributed by atoms with van der Waals surface area (Å²) in [6.45, 7) is 0.487. The fourth-order valence-electron chi connectivity index (χ4n) is 3.01. The lowest BCUT2D eigenvalue weighted by molar-refractivity contribution is -0.137. The molecule has 2 aromatic carbocycles. The Morgan fingerprint density at radius 2 is 2.16 bits per heavy atom. The van der Waals surface area contributed by atoms with Crippen LogP contribution in [0.2, 0.25) is 0 Å². The van der Waals surface area contributed by atoms with E-state index in [4.69, 9.17) is 4.74 Å². The molecule has 0 aliphatic carbocycles. The van der Waals surface area contributed by atoms with Crippen LogP contribution in [0, 0.1) is 0 Å². The van der Waals surface area contributed by atoms with Crippen molar-refractivity contribution in [3.05, 3.63) is 59.7 Å². The van der Waals surface area contributed by atoms with Gasteiger partial charge in [0.05, 0.1) is 0 Å². The number of carbonyl (C=O) groups is 1. The van der Waals surface area contributed by atoms with Gasteiger partial charge in [-0.15, -0.1) is 10.2 Å². The molecule has 3 aromatic rings. The molecule has 1 unspecified atom stereocenters. The van der Waals surface area contributed by atoms with Crippen LogP contribution in [0.5, 0.6) is 5.75 Å². The lowest BCUT2D eigenvalue weighted by Crippen LogP contribution is -2.38. The number of likely N-dealkylation sites (N-methyl/N-ethyl adjacent to an activating group) is 1. The van der Waals surface area contributed by atoms with Gasteiger partial charge in [-0.1, -0.05) is 36.4 Å². The first-order chi connectivity index (χ1) is 12.2. The molecule has 0 bridgehead atoms. The van der Waals surface area contributed by atoms with E-state index in [9.17, 15) is 4.79 Å². The first-order valence-electron chi connectivity index (χ1n) is 8.03. The predicted octanol–water partition coefficient (Wildman–Crippen LogP) is 1.83. The predicted molar refractivity (Wildman–Crippen MR) is 90.6 cm³/mol. The second kappa shape index (κ2) is 6.35. The van der Waals surface area contributed by atoms with Crippen LogP contribution >= 0.6 is 0 Å². The van der Waals surface area contributed by atoms with Crippen molar-refractivity contribution in [2.45, 2.75) is 19.1 Å². The minimum atomic E-state index is -0.456. The molecule has 0 fully saturated rings. The quantitative estimate of drug-likeness (QED) is 0.786. The van der Waals surface area contributed by atoms with Gasteiger partial charge in [-0.05, 0) is 28.5 Å². The van der Waals surface area contributed by atoms with Gasteiger partial charge in [0.1, 0.15) is 5.75 Å². The molecule has 4 rings (SSSR count). The second-order valence-electron chi connectivity index (χ2n) is 6.05. The maximum atomic E-state index is 12.7. The number of ether oxygens (including phenoxy) is 1. The van der Waals surface area contributed by atoms with Crippen molar-refractivity contribution in [3.63, 3.8) is 0 Å². The Labute approximate surface area is 144 Å². The molecule has 7 heteroatoms. The van der Waals surface area contributed by atoms with Gasteiger partial charge in [0.25, 0.3) is 5.91 Å². The van der Waals surface area contributed by atoms with Crippen molar-refractivity contribution in [1.82, 2.24) is 25.5 Å². The Morgan fingerprint density at radius 3 is 2.96 bits per heavy atom. The van der Waals surface area contributed by atoms with Crippen LogP contribution in [0.25, 0.3) is 11.4 Å². The van der Waals surface area contributed by atoms with E-state index in [2.05, 4.69) is 20.6 Å². The Balaban J connectivity index is 1.45. The Bertz CT molecular complexity index is 869. The number of para-hydroxylation sites is 1. The van der Waals surface area contributed by atoms with Crippen molar-refractivity contribution in [2.24, 2.45) is 0 Å². The molecule has 25 heavy (non-hydrogen) atoms. The van der Waals surface area contributed by atoms with Gasteiger partial charge in [-0.25, -0.2) is 0 Å². The van der Waals surface area contributed by atoms with Crippen molar-refractivity contribution >= 4 is 5.91 Å². The zero-order valence-electron chi connectivity index (χ0n) is 13.7. The standard InChI is InChI=1S/C18H17N5O2/c1-23(18(24)16-10-13-6-2-3-8-15(13)25-16)11-12-5-4-7-14(9-12)17-19-21-22-20-17/h2-9,16H,10-11H2,1H3,(H,19,20,21,22). The Morgan fingerprint density at radius 1 is 1.28 bits per heavy atom. The number of aromatic nitrogens is 4. The van der Waals surface area contributed by atoms with Crippen LogP contribution in [0.3, 0.4) is 0 Å². The molecule has 0 saturated heterocycles. The molecule has 1 amide bonds. The van der Waals surface area contributed by atoms with Crippen molar-refractivity contribution in [1.29, 1.82) is 0 Å². The van der Waals surface area contributed by atoms with Gasteiger partial charge in [-0.3, -0.25) is 4.79 Å². The van der Waals surface area contributed by atoms with Crippen LogP contribution in [-0.2, 0) is 17.8 Å². The van der Waals surface area contributed by atoms with Crippen LogP contribution in [0.15, 0.2) is 48.5 Å². The van der Waals surface area contributed by atoms with Crippen molar-refractivity contribution in [2.75, 3.05) is 7.05 Å². The highest BCUT2D eigenvalue weighted by Gasteiger charge is 2.30. The smallest absolute Gasteiger partial charge is 0.264 e. The van der Waals surface area contributed by atoms with E-state index in [1.54, 1.807) is 11.9 Å². The summed E-state index contributed by atoms with van der Waals surface area (Å²) < 4.78 is 5.79. The number of fused-ring (bicyclic) bond motifs is 1. The van der Waals surface area contributed by atoms with E-state index in [1.807, 2.05) is 48.5 Å². The van der Waals surface area contributed by atoms with Crippen LogP contribution < -0.4 is 4.74 Å². The summed E-state index contributed by atoms with van der Waals surface area (Å²) in [5.74, 6) is 1.31.